The van der Waals surface area contributed by atoms with Gasteiger partial charge >= 0.3 is 6.18 Å². The van der Waals surface area contributed by atoms with Crippen molar-refractivity contribution in [1.29, 1.82) is 0 Å². The van der Waals surface area contributed by atoms with Crippen LogP contribution in [0.5, 0.6) is 0 Å². The number of hydrogen-bond acceptors (Lipinski definition) is 2. The smallest absolute Gasteiger partial charge is 0.353 e. The minimum Gasteiger partial charge on any atom is -0.353 e. The van der Waals surface area contributed by atoms with Gasteiger partial charge in [0.05, 0.1) is 12.0 Å². The van der Waals surface area contributed by atoms with E-state index < -0.39 is 11.7 Å². The van der Waals surface area contributed by atoms with Gasteiger partial charge in [0, 0.05) is 19.1 Å². The molecule has 0 saturated carbocycles. The first kappa shape index (κ1) is 17.8. The van der Waals surface area contributed by atoms with Crippen LogP contribution < -0.4 is 5.32 Å². The molecule has 0 bridgehead atoms. The molecule has 1 aromatic carbocycles. The van der Waals surface area contributed by atoms with Gasteiger partial charge in [-0.25, -0.2) is 0 Å². The highest BCUT2D eigenvalue weighted by Crippen LogP contribution is 2.29. The maximum absolute atomic E-state index is 12.5. The predicted molar refractivity (Wildman–Crippen MR) is 83.0 cm³/mol. The van der Waals surface area contributed by atoms with Gasteiger partial charge in [-0.15, -0.1) is 0 Å². The number of benzene rings is 1. The highest BCUT2D eigenvalue weighted by atomic mass is 19.4. The first-order valence-electron chi connectivity index (χ1n) is 8.06. The lowest BCUT2D eigenvalue weighted by atomic mass is 10.0. The Hall–Kier alpha value is -1.56. The molecule has 3 nitrogen and oxygen atoms in total. The maximum atomic E-state index is 12.5. The Morgan fingerprint density at radius 1 is 1.22 bits per heavy atom. The Morgan fingerprint density at radius 2 is 1.83 bits per heavy atom. The Bertz CT molecular complexity index is 506. The summed E-state index contributed by atoms with van der Waals surface area (Å²) in [6, 6.07) is 4.95. The highest BCUT2D eigenvalue weighted by molar-refractivity contribution is 5.78. The fraction of sp³-hybridized carbons (Fsp3) is 0.588. The number of alkyl halides is 3. The predicted octanol–water partition coefficient (Wildman–Crippen LogP) is 3.24. The molecule has 1 aliphatic heterocycles. The maximum Gasteiger partial charge on any atom is 0.416 e. The van der Waals surface area contributed by atoms with Gasteiger partial charge in [-0.05, 0) is 43.5 Å². The lowest BCUT2D eigenvalue weighted by Crippen LogP contribution is -2.45. The summed E-state index contributed by atoms with van der Waals surface area (Å²) in [5.74, 6) is -0.126. The fourth-order valence-electron chi connectivity index (χ4n) is 2.89. The van der Waals surface area contributed by atoms with Crippen LogP contribution in [0, 0.1) is 0 Å². The van der Waals surface area contributed by atoms with Crippen molar-refractivity contribution in [1.82, 2.24) is 10.2 Å². The second-order valence-corrected chi connectivity index (χ2v) is 6.05. The monoisotopic (exact) mass is 328 g/mol. The van der Waals surface area contributed by atoms with E-state index in [1.54, 1.807) is 0 Å². The average Bonchev–Trinajstić information content (AvgIpc) is 2.49. The lowest BCUT2D eigenvalue weighted by molar-refractivity contribution is -0.137. The van der Waals surface area contributed by atoms with Crippen LogP contribution in [0.2, 0.25) is 0 Å². The molecular formula is C17H23F3N2O. The molecular weight excluding hydrogens is 305 g/mol. The van der Waals surface area contributed by atoms with Crippen LogP contribution in [0.1, 0.15) is 37.3 Å². The molecule has 0 aromatic heterocycles. The molecule has 1 aromatic rings. The van der Waals surface area contributed by atoms with Gasteiger partial charge in [0.1, 0.15) is 0 Å². The Morgan fingerprint density at radius 3 is 2.35 bits per heavy atom. The van der Waals surface area contributed by atoms with Gasteiger partial charge in [0.2, 0.25) is 5.91 Å². The van der Waals surface area contributed by atoms with Crippen LogP contribution >= 0.6 is 0 Å². The molecule has 0 atom stereocenters. The number of carbonyl (C=O) groups excluding carboxylic acids is 1. The van der Waals surface area contributed by atoms with Gasteiger partial charge in [-0.2, -0.15) is 13.2 Å². The number of nitrogens with one attached hydrogen (secondary N) is 1. The van der Waals surface area contributed by atoms with Crippen molar-refractivity contribution in [2.24, 2.45) is 0 Å². The number of carbonyl (C=O) groups is 1. The second kappa shape index (κ2) is 7.81. The van der Waals surface area contributed by atoms with Crippen molar-refractivity contribution in [3.63, 3.8) is 0 Å². The van der Waals surface area contributed by atoms with Crippen LogP contribution in [0.25, 0.3) is 0 Å². The second-order valence-electron chi connectivity index (χ2n) is 6.05. The van der Waals surface area contributed by atoms with Crippen molar-refractivity contribution >= 4 is 5.91 Å². The summed E-state index contributed by atoms with van der Waals surface area (Å²) < 4.78 is 37.5. The van der Waals surface area contributed by atoms with Crippen LogP contribution in [0.3, 0.4) is 0 Å². The topological polar surface area (TPSA) is 32.3 Å². The minimum absolute atomic E-state index is 0.118. The Kier molecular flexibility index (Phi) is 6.04. The van der Waals surface area contributed by atoms with E-state index in [0.29, 0.717) is 5.56 Å². The van der Waals surface area contributed by atoms with Crippen LogP contribution in [-0.2, 0) is 17.4 Å². The van der Waals surface area contributed by atoms with E-state index in [0.717, 1.165) is 51.0 Å². The summed E-state index contributed by atoms with van der Waals surface area (Å²) in [7, 11) is 0. The number of amides is 1. The van der Waals surface area contributed by atoms with E-state index in [9.17, 15) is 18.0 Å². The molecule has 1 fully saturated rings. The molecule has 1 aliphatic rings. The standard InChI is InChI=1S/C17H23F3N2O/c1-2-9-22-10-7-15(8-11-22)21-16(23)12-13-3-5-14(6-4-13)17(18,19)20/h3-6,15H,2,7-12H2,1H3,(H,21,23). The minimum atomic E-state index is -4.34. The van der Waals surface area contributed by atoms with E-state index in [1.807, 2.05) is 0 Å². The summed E-state index contributed by atoms with van der Waals surface area (Å²) >= 11 is 0. The van der Waals surface area contributed by atoms with Crippen LogP contribution in [0.4, 0.5) is 13.2 Å². The number of likely N-dealkylation sites (tertiary alicyclic amines) is 1. The Balaban J connectivity index is 1.79. The van der Waals surface area contributed by atoms with Gasteiger partial charge in [0.15, 0.2) is 0 Å². The van der Waals surface area contributed by atoms with Crippen LogP contribution in [0.15, 0.2) is 24.3 Å². The quantitative estimate of drug-likeness (QED) is 0.900. The summed E-state index contributed by atoms with van der Waals surface area (Å²) in [5.41, 5.74) is -0.0936. The SMILES string of the molecule is CCCN1CCC(NC(=O)Cc2ccc(C(F)(F)F)cc2)CC1. The molecule has 1 amide bonds. The third kappa shape index (κ3) is 5.53. The van der Waals surface area contributed by atoms with E-state index >= 15 is 0 Å². The average molecular weight is 328 g/mol. The first-order chi connectivity index (χ1) is 10.9. The summed E-state index contributed by atoms with van der Waals surface area (Å²) in [6.45, 7) is 5.21. The highest BCUT2D eigenvalue weighted by Gasteiger charge is 2.30. The number of nitrogens with zero attached hydrogens (tertiary/aromatic N) is 1. The summed E-state index contributed by atoms with van der Waals surface area (Å²) in [6.07, 6.45) is -1.23. The van der Waals surface area contributed by atoms with Gasteiger partial charge in [0.25, 0.3) is 0 Å². The van der Waals surface area contributed by atoms with Crippen molar-refractivity contribution in [2.75, 3.05) is 19.6 Å². The number of rotatable bonds is 5. The van der Waals surface area contributed by atoms with Crippen molar-refractivity contribution in [3.05, 3.63) is 35.4 Å². The number of halogens is 3. The zero-order valence-electron chi connectivity index (χ0n) is 13.3. The van der Waals surface area contributed by atoms with Crippen LogP contribution in [-0.4, -0.2) is 36.5 Å². The molecule has 1 saturated heterocycles. The molecule has 0 unspecified atom stereocenters. The van der Waals surface area contributed by atoms with Crippen molar-refractivity contribution < 1.29 is 18.0 Å². The Labute approximate surface area is 134 Å². The third-order valence-corrected chi connectivity index (χ3v) is 4.14. The molecule has 1 heterocycles. The molecule has 6 heteroatoms. The van der Waals surface area contributed by atoms with E-state index in [1.165, 1.54) is 12.1 Å². The van der Waals surface area contributed by atoms with Crippen molar-refractivity contribution in [3.8, 4) is 0 Å². The molecule has 128 valence electrons. The fourth-order valence-corrected chi connectivity index (χ4v) is 2.89. The lowest BCUT2D eigenvalue weighted by Gasteiger charge is -2.32. The van der Waals surface area contributed by atoms with Gasteiger partial charge < -0.3 is 10.2 Å². The zero-order valence-corrected chi connectivity index (χ0v) is 13.3. The molecule has 2 rings (SSSR count). The van der Waals surface area contributed by atoms with Gasteiger partial charge in [-0.1, -0.05) is 19.1 Å². The van der Waals surface area contributed by atoms with E-state index in [4.69, 9.17) is 0 Å². The first-order valence-corrected chi connectivity index (χ1v) is 8.06. The summed E-state index contributed by atoms with van der Waals surface area (Å²) in [4.78, 5) is 14.4. The molecule has 0 radical (unpaired) electrons. The normalized spacial score (nSPS) is 17.2. The number of hydrogen-bond donors (Lipinski definition) is 1. The molecule has 1 N–H and O–H groups in total. The third-order valence-electron chi connectivity index (χ3n) is 4.14. The largest absolute Gasteiger partial charge is 0.416 e. The molecule has 23 heavy (non-hydrogen) atoms. The van der Waals surface area contributed by atoms with Gasteiger partial charge in [-0.3, -0.25) is 4.79 Å². The summed E-state index contributed by atoms with van der Waals surface area (Å²) in [5, 5.41) is 2.99. The van der Waals surface area contributed by atoms with E-state index in [-0.39, 0.29) is 18.4 Å². The zero-order chi connectivity index (χ0) is 16.9. The van der Waals surface area contributed by atoms with E-state index in [2.05, 4.69) is 17.1 Å². The van der Waals surface area contributed by atoms with Crippen molar-refractivity contribution in [2.45, 2.75) is 44.8 Å². The number of piperidine rings is 1. The molecule has 0 aliphatic carbocycles. The molecule has 0 spiro atoms.